The molecular formula is C24H32N2O3. The second kappa shape index (κ2) is 12.0. The van der Waals surface area contributed by atoms with E-state index < -0.39 is 6.04 Å². The lowest BCUT2D eigenvalue weighted by molar-refractivity contribution is -0.140. The van der Waals surface area contributed by atoms with Gasteiger partial charge in [0.1, 0.15) is 6.04 Å². The van der Waals surface area contributed by atoms with Crippen molar-refractivity contribution < 1.29 is 14.3 Å². The molecule has 0 bridgehead atoms. The molecule has 2 aromatic rings. The van der Waals surface area contributed by atoms with Gasteiger partial charge in [0.2, 0.25) is 11.8 Å². The van der Waals surface area contributed by atoms with E-state index in [2.05, 4.69) is 5.32 Å². The van der Waals surface area contributed by atoms with Crippen LogP contribution in [0.2, 0.25) is 0 Å². The van der Waals surface area contributed by atoms with E-state index in [4.69, 9.17) is 4.74 Å². The lowest BCUT2D eigenvalue weighted by Crippen LogP contribution is -2.48. The van der Waals surface area contributed by atoms with Crippen LogP contribution in [0.5, 0.6) is 0 Å². The molecule has 156 valence electrons. The summed E-state index contributed by atoms with van der Waals surface area (Å²) in [6.45, 7) is 7.29. The van der Waals surface area contributed by atoms with Crippen LogP contribution in [0.3, 0.4) is 0 Å². The van der Waals surface area contributed by atoms with Crippen molar-refractivity contribution in [2.45, 2.75) is 52.3 Å². The van der Waals surface area contributed by atoms with Crippen LogP contribution in [0, 0.1) is 0 Å². The topological polar surface area (TPSA) is 58.6 Å². The Bertz CT molecular complexity index is 747. The van der Waals surface area contributed by atoms with Crippen LogP contribution in [0.1, 0.15) is 38.3 Å². The van der Waals surface area contributed by atoms with Crippen LogP contribution < -0.4 is 5.32 Å². The van der Waals surface area contributed by atoms with Crippen molar-refractivity contribution in [2.75, 3.05) is 13.2 Å². The standard InChI is InChI=1S/C24H32N2O3/c1-19(2)29-16-10-15-25-24(28)20(3)26(18-22-13-8-5-9-14-22)23(27)17-21-11-6-4-7-12-21/h4-9,11-14,19-20H,10,15-18H2,1-3H3,(H,25,28)/t20-/m0/s1. The Hall–Kier alpha value is -2.66. The van der Waals surface area contributed by atoms with Crippen molar-refractivity contribution in [3.05, 3.63) is 71.8 Å². The highest BCUT2D eigenvalue weighted by Crippen LogP contribution is 2.12. The van der Waals surface area contributed by atoms with Gasteiger partial charge in [-0.15, -0.1) is 0 Å². The third-order valence-corrected chi connectivity index (χ3v) is 4.63. The highest BCUT2D eigenvalue weighted by Gasteiger charge is 2.25. The Labute approximate surface area is 174 Å². The van der Waals surface area contributed by atoms with Gasteiger partial charge >= 0.3 is 0 Å². The van der Waals surface area contributed by atoms with Gasteiger partial charge in [0.05, 0.1) is 12.5 Å². The molecule has 0 radical (unpaired) electrons. The predicted molar refractivity (Wildman–Crippen MR) is 115 cm³/mol. The number of hydrogen-bond acceptors (Lipinski definition) is 3. The molecule has 0 heterocycles. The molecular weight excluding hydrogens is 364 g/mol. The van der Waals surface area contributed by atoms with Crippen molar-refractivity contribution >= 4 is 11.8 Å². The van der Waals surface area contributed by atoms with Crippen molar-refractivity contribution in [3.8, 4) is 0 Å². The molecule has 0 unspecified atom stereocenters. The first kappa shape index (κ1) is 22.6. The summed E-state index contributed by atoms with van der Waals surface area (Å²) in [7, 11) is 0. The van der Waals surface area contributed by atoms with Crippen LogP contribution in [0.15, 0.2) is 60.7 Å². The van der Waals surface area contributed by atoms with Gasteiger partial charge in [-0.25, -0.2) is 0 Å². The average Bonchev–Trinajstić information content (AvgIpc) is 2.72. The maximum atomic E-state index is 13.0. The van der Waals surface area contributed by atoms with E-state index >= 15 is 0 Å². The minimum absolute atomic E-state index is 0.0640. The lowest BCUT2D eigenvalue weighted by Gasteiger charge is -2.29. The number of hydrogen-bond donors (Lipinski definition) is 1. The molecule has 0 aliphatic carbocycles. The van der Waals surface area contributed by atoms with Crippen LogP contribution in [0.4, 0.5) is 0 Å². The molecule has 0 aliphatic rings. The number of nitrogens with one attached hydrogen (secondary N) is 1. The van der Waals surface area contributed by atoms with Gasteiger partial charge in [-0.2, -0.15) is 0 Å². The number of carbonyl (C=O) groups excluding carboxylic acids is 2. The molecule has 5 heteroatoms. The van der Waals surface area contributed by atoms with Crippen molar-refractivity contribution in [2.24, 2.45) is 0 Å². The predicted octanol–water partition coefficient (Wildman–Crippen LogP) is 3.58. The number of rotatable bonds is 11. The second-order valence-electron chi connectivity index (χ2n) is 7.41. The summed E-state index contributed by atoms with van der Waals surface area (Å²) in [4.78, 5) is 27.4. The molecule has 0 spiro atoms. The fourth-order valence-electron chi connectivity index (χ4n) is 2.99. The zero-order chi connectivity index (χ0) is 21.1. The van der Waals surface area contributed by atoms with Crippen LogP contribution in [-0.4, -0.2) is 42.0 Å². The van der Waals surface area contributed by atoms with Gasteiger partial charge < -0.3 is 15.0 Å². The summed E-state index contributed by atoms with van der Waals surface area (Å²) in [5, 5.41) is 2.93. The Balaban J connectivity index is 2.01. The monoisotopic (exact) mass is 396 g/mol. The van der Waals surface area contributed by atoms with E-state index in [0.29, 0.717) is 19.7 Å². The van der Waals surface area contributed by atoms with Crippen molar-refractivity contribution in [3.63, 3.8) is 0 Å². The minimum Gasteiger partial charge on any atom is -0.379 e. The quantitative estimate of drug-likeness (QED) is 0.591. The number of nitrogens with zero attached hydrogens (tertiary/aromatic N) is 1. The van der Waals surface area contributed by atoms with Gasteiger partial charge in [0.25, 0.3) is 0 Å². The van der Waals surface area contributed by atoms with Crippen LogP contribution in [-0.2, 0) is 27.3 Å². The molecule has 0 saturated carbocycles. The van der Waals surface area contributed by atoms with Crippen molar-refractivity contribution in [1.82, 2.24) is 10.2 Å². The molecule has 0 fully saturated rings. The average molecular weight is 397 g/mol. The normalized spacial score (nSPS) is 11.9. The fourth-order valence-corrected chi connectivity index (χ4v) is 2.99. The van der Waals surface area contributed by atoms with Gasteiger partial charge in [-0.3, -0.25) is 9.59 Å². The molecule has 5 nitrogen and oxygen atoms in total. The van der Waals surface area contributed by atoms with Crippen LogP contribution in [0.25, 0.3) is 0 Å². The molecule has 0 aliphatic heterocycles. The van der Waals surface area contributed by atoms with E-state index in [1.807, 2.05) is 74.5 Å². The minimum atomic E-state index is -0.558. The Morgan fingerprint density at radius 1 is 0.931 bits per heavy atom. The van der Waals surface area contributed by atoms with Crippen LogP contribution >= 0.6 is 0 Å². The third-order valence-electron chi connectivity index (χ3n) is 4.63. The molecule has 1 atom stereocenters. The summed E-state index contributed by atoms with van der Waals surface area (Å²) in [5.74, 6) is -0.210. The number of carbonyl (C=O) groups is 2. The number of ether oxygens (including phenoxy) is 1. The highest BCUT2D eigenvalue weighted by atomic mass is 16.5. The zero-order valence-electron chi connectivity index (χ0n) is 17.6. The molecule has 2 amide bonds. The SMILES string of the molecule is CC(C)OCCCNC(=O)[C@H](C)N(Cc1ccccc1)C(=O)Cc1ccccc1. The van der Waals surface area contributed by atoms with Gasteiger partial charge in [0, 0.05) is 19.7 Å². The highest BCUT2D eigenvalue weighted by molar-refractivity contribution is 5.88. The Morgan fingerprint density at radius 3 is 2.10 bits per heavy atom. The lowest BCUT2D eigenvalue weighted by atomic mass is 10.1. The second-order valence-corrected chi connectivity index (χ2v) is 7.41. The van der Waals surface area contributed by atoms with E-state index in [-0.39, 0.29) is 24.3 Å². The van der Waals surface area contributed by atoms with Gasteiger partial charge in [0.15, 0.2) is 0 Å². The van der Waals surface area contributed by atoms with E-state index in [1.54, 1.807) is 11.8 Å². The Morgan fingerprint density at radius 2 is 1.52 bits per heavy atom. The number of benzene rings is 2. The van der Waals surface area contributed by atoms with Gasteiger partial charge in [-0.05, 0) is 38.3 Å². The molecule has 29 heavy (non-hydrogen) atoms. The smallest absolute Gasteiger partial charge is 0.242 e. The maximum Gasteiger partial charge on any atom is 0.242 e. The molecule has 0 saturated heterocycles. The first-order valence-electron chi connectivity index (χ1n) is 10.2. The summed E-state index contributed by atoms with van der Waals surface area (Å²) in [6, 6.07) is 18.8. The molecule has 2 aromatic carbocycles. The fraction of sp³-hybridized carbons (Fsp3) is 0.417. The first-order chi connectivity index (χ1) is 14.0. The molecule has 1 N–H and O–H groups in total. The van der Waals surface area contributed by atoms with E-state index in [1.165, 1.54) is 0 Å². The largest absolute Gasteiger partial charge is 0.379 e. The molecule has 0 aromatic heterocycles. The summed E-state index contributed by atoms with van der Waals surface area (Å²) < 4.78 is 5.50. The summed E-state index contributed by atoms with van der Waals surface area (Å²) >= 11 is 0. The number of amides is 2. The summed E-state index contributed by atoms with van der Waals surface area (Å²) in [6.07, 6.45) is 1.20. The van der Waals surface area contributed by atoms with Crippen molar-refractivity contribution in [1.29, 1.82) is 0 Å². The van der Waals surface area contributed by atoms with E-state index in [9.17, 15) is 9.59 Å². The van der Waals surface area contributed by atoms with Gasteiger partial charge in [-0.1, -0.05) is 60.7 Å². The molecule has 2 rings (SSSR count). The van der Waals surface area contributed by atoms with E-state index in [0.717, 1.165) is 17.5 Å². The summed E-state index contributed by atoms with van der Waals surface area (Å²) in [5.41, 5.74) is 1.94. The maximum absolute atomic E-state index is 13.0. The zero-order valence-corrected chi connectivity index (χ0v) is 17.6. The Kier molecular flexibility index (Phi) is 9.38. The third kappa shape index (κ3) is 8.08. The first-order valence-corrected chi connectivity index (χ1v) is 10.2.